The summed E-state index contributed by atoms with van der Waals surface area (Å²) in [6.07, 6.45) is -4.04. The predicted molar refractivity (Wildman–Crippen MR) is 65.3 cm³/mol. The van der Waals surface area contributed by atoms with Crippen molar-refractivity contribution in [1.29, 1.82) is 0 Å². The minimum Gasteiger partial charge on any atom is -0.467 e. The van der Waals surface area contributed by atoms with E-state index in [2.05, 4.69) is 10.1 Å². The molecule has 1 aromatic heterocycles. The molecule has 0 saturated heterocycles. The third-order valence-electron chi connectivity index (χ3n) is 2.55. The zero-order chi connectivity index (χ0) is 16.2. The van der Waals surface area contributed by atoms with Gasteiger partial charge in [0, 0.05) is 19.2 Å². The number of ether oxygens (including phenoxy) is 1. The Balaban J connectivity index is 3.11. The van der Waals surface area contributed by atoms with E-state index in [1.54, 1.807) is 0 Å². The van der Waals surface area contributed by atoms with E-state index >= 15 is 0 Å². The molecule has 1 unspecified atom stereocenters. The minimum absolute atomic E-state index is 0.463. The van der Waals surface area contributed by atoms with Gasteiger partial charge >= 0.3 is 12.1 Å². The lowest BCUT2D eigenvalue weighted by molar-refractivity contribution is -0.145. The molecule has 1 rings (SSSR count). The quantitative estimate of drug-likeness (QED) is 0.824. The van der Waals surface area contributed by atoms with Crippen LogP contribution in [0.5, 0.6) is 0 Å². The first kappa shape index (κ1) is 16.7. The van der Waals surface area contributed by atoms with Crippen molar-refractivity contribution in [3.63, 3.8) is 0 Å². The summed E-state index contributed by atoms with van der Waals surface area (Å²) in [4.78, 5) is 34.0. The summed E-state index contributed by atoms with van der Waals surface area (Å²) < 4.78 is 42.9. The highest BCUT2D eigenvalue weighted by atomic mass is 19.4. The highest BCUT2D eigenvalue weighted by Gasteiger charge is 2.31. The topological polar surface area (TPSA) is 77.4 Å². The van der Waals surface area contributed by atoms with Crippen molar-refractivity contribution in [2.24, 2.45) is 0 Å². The Kier molecular flexibility index (Phi) is 5.12. The number of carbonyl (C=O) groups excluding carboxylic acids is 2. The van der Waals surface area contributed by atoms with Crippen LogP contribution in [-0.2, 0) is 27.0 Å². The molecule has 9 heteroatoms. The van der Waals surface area contributed by atoms with Crippen LogP contribution in [0.25, 0.3) is 0 Å². The van der Waals surface area contributed by atoms with Crippen LogP contribution in [0.3, 0.4) is 0 Å². The number of esters is 1. The molecule has 1 heterocycles. The number of nitrogens with zero attached hydrogens (tertiary/aromatic N) is 1. The van der Waals surface area contributed by atoms with Gasteiger partial charge in [0.2, 0.25) is 5.91 Å². The molecule has 0 aliphatic rings. The number of nitrogens with one attached hydrogen (secondary N) is 1. The first-order valence-corrected chi connectivity index (χ1v) is 5.77. The normalized spacial score (nSPS) is 12.6. The van der Waals surface area contributed by atoms with E-state index in [0.717, 1.165) is 20.1 Å². The molecule has 21 heavy (non-hydrogen) atoms. The van der Waals surface area contributed by atoms with Gasteiger partial charge in [-0.3, -0.25) is 9.59 Å². The molecule has 0 fully saturated rings. The molecular weight excluding hydrogens is 293 g/mol. The van der Waals surface area contributed by atoms with E-state index in [9.17, 15) is 27.6 Å². The lowest BCUT2D eigenvalue weighted by atomic mass is 10.2. The fourth-order valence-corrected chi connectivity index (χ4v) is 1.61. The zero-order valence-electron chi connectivity index (χ0n) is 11.2. The van der Waals surface area contributed by atoms with Gasteiger partial charge in [-0.05, 0) is 6.07 Å². The summed E-state index contributed by atoms with van der Waals surface area (Å²) in [7, 11) is 1.06. The molecule has 0 radical (unpaired) electrons. The molecule has 0 saturated carbocycles. The van der Waals surface area contributed by atoms with Crippen molar-refractivity contribution < 1.29 is 27.5 Å². The van der Waals surface area contributed by atoms with Gasteiger partial charge in [0.25, 0.3) is 5.56 Å². The third kappa shape index (κ3) is 4.62. The predicted octanol–water partition coefficient (Wildman–Crippen LogP) is 0.545. The number of hydrogen-bond donors (Lipinski definition) is 1. The molecule has 0 aliphatic heterocycles. The Labute approximate surface area is 117 Å². The summed E-state index contributed by atoms with van der Waals surface area (Å²) in [6, 6.07) is 0.128. The van der Waals surface area contributed by atoms with Crippen molar-refractivity contribution in [2.75, 3.05) is 7.11 Å². The van der Waals surface area contributed by atoms with Gasteiger partial charge in [0.1, 0.15) is 6.04 Å². The van der Waals surface area contributed by atoms with Gasteiger partial charge in [-0.15, -0.1) is 0 Å². The number of carbonyl (C=O) groups is 2. The summed E-state index contributed by atoms with van der Waals surface area (Å²) in [5.74, 6) is -1.44. The molecule has 0 spiro atoms. The summed E-state index contributed by atoms with van der Waals surface area (Å²) >= 11 is 0. The second-order valence-corrected chi connectivity index (χ2v) is 4.18. The highest BCUT2D eigenvalue weighted by Crippen LogP contribution is 2.28. The van der Waals surface area contributed by atoms with Crippen LogP contribution in [0.2, 0.25) is 0 Å². The van der Waals surface area contributed by atoms with E-state index in [0.29, 0.717) is 16.8 Å². The number of rotatable bonds is 4. The standard InChI is InChI=1S/C12H13F3N2O4/c1-7(18)16-9(11(20)21-2)6-17-5-8(12(13,14)15)3-4-10(17)19/h3-5,9H,6H2,1-2H3,(H,16,18). The fraction of sp³-hybridized carbons (Fsp3) is 0.417. The Bertz CT molecular complexity index is 595. The average Bonchev–Trinajstić information content (AvgIpc) is 2.37. The molecule has 1 aromatic rings. The van der Waals surface area contributed by atoms with Crippen LogP contribution >= 0.6 is 0 Å². The number of methoxy groups -OCH3 is 1. The van der Waals surface area contributed by atoms with E-state index in [1.165, 1.54) is 0 Å². The van der Waals surface area contributed by atoms with Gasteiger partial charge in [-0.25, -0.2) is 4.79 Å². The van der Waals surface area contributed by atoms with E-state index in [4.69, 9.17) is 0 Å². The summed E-state index contributed by atoms with van der Waals surface area (Å²) in [6.45, 7) is 0.667. The number of hydrogen-bond acceptors (Lipinski definition) is 4. The molecule has 1 amide bonds. The zero-order valence-corrected chi connectivity index (χ0v) is 11.2. The molecule has 0 aromatic carbocycles. The second-order valence-electron chi connectivity index (χ2n) is 4.18. The van der Waals surface area contributed by atoms with Crippen LogP contribution in [-0.4, -0.2) is 29.6 Å². The van der Waals surface area contributed by atoms with Crippen molar-refractivity contribution in [3.8, 4) is 0 Å². The maximum Gasteiger partial charge on any atom is 0.417 e. The first-order chi connectivity index (χ1) is 9.65. The van der Waals surface area contributed by atoms with Gasteiger partial charge in [0.15, 0.2) is 0 Å². The lowest BCUT2D eigenvalue weighted by Gasteiger charge is -2.17. The van der Waals surface area contributed by atoms with Crippen LogP contribution in [0.4, 0.5) is 13.2 Å². The summed E-state index contributed by atoms with van der Waals surface area (Å²) in [5.41, 5.74) is -1.77. The first-order valence-electron chi connectivity index (χ1n) is 5.77. The Morgan fingerprint density at radius 3 is 2.48 bits per heavy atom. The SMILES string of the molecule is COC(=O)C(Cn1cc(C(F)(F)F)ccc1=O)NC(C)=O. The van der Waals surface area contributed by atoms with Crippen molar-refractivity contribution >= 4 is 11.9 Å². The maximum absolute atomic E-state index is 12.6. The summed E-state index contributed by atoms with van der Waals surface area (Å²) in [5, 5.41) is 2.21. The third-order valence-corrected chi connectivity index (χ3v) is 2.55. The smallest absolute Gasteiger partial charge is 0.417 e. The van der Waals surface area contributed by atoms with Gasteiger partial charge < -0.3 is 14.6 Å². The molecule has 1 N–H and O–H groups in total. The Hall–Kier alpha value is -2.32. The second kappa shape index (κ2) is 6.42. The van der Waals surface area contributed by atoms with Crippen molar-refractivity contribution in [2.45, 2.75) is 25.7 Å². The minimum atomic E-state index is -4.62. The highest BCUT2D eigenvalue weighted by molar-refractivity contribution is 5.83. The van der Waals surface area contributed by atoms with Crippen LogP contribution < -0.4 is 10.9 Å². The van der Waals surface area contributed by atoms with Crippen molar-refractivity contribution in [3.05, 3.63) is 34.2 Å². The monoisotopic (exact) mass is 306 g/mol. The Morgan fingerprint density at radius 1 is 1.38 bits per heavy atom. The fourth-order valence-electron chi connectivity index (χ4n) is 1.61. The molecular formula is C12H13F3N2O4. The molecule has 1 atom stereocenters. The average molecular weight is 306 g/mol. The molecule has 6 nitrogen and oxygen atoms in total. The Morgan fingerprint density at radius 2 is 2.00 bits per heavy atom. The number of halogens is 3. The number of alkyl halides is 3. The van der Waals surface area contributed by atoms with E-state index in [1.807, 2.05) is 0 Å². The van der Waals surface area contributed by atoms with Crippen molar-refractivity contribution in [1.82, 2.24) is 9.88 Å². The largest absolute Gasteiger partial charge is 0.467 e. The number of amides is 1. The molecule has 0 bridgehead atoms. The molecule has 116 valence electrons. The van der Waals surface area contributed by atoms with Gasteiger partial charge in [0.05, 0.1) is 19.2 Å². The van der Waals surface area contributed by atoms with E-state index < -0.39 is 41.8 Å². The van der Waals surface area contributed by atoms with Crippen LogP contribution in [0.1, 0.15) is 12.5 Å². The van der Waals surface area contributed by atoms with Gasteiger partial charge in [-0.1, -0.05) is 0 Å². The number of pyridine rings is 1. The lowest BCUT2D eigenvalue weighted by Crippen LogP contribution is -2.45. The van der Waals surface area contributed by atoms with Crippen LogP contribution in [0.15, 0.2) is 23.1 Å². The van der Waals surface area contributed by atoms with Gasteiger partial charge in [-0.2, -0.15) is 13.2 Å². The maximum atomic E-state index is 12.6. The molecule has 0 aliphatic carbocycles. The number of aromatic nitrogens is 1. The van der Waals surface area contributed by atoms with Crippen LogP contribution in [0, 0.1) is 0 Å². The van der Waals surface area contributed by atoms with E-state index in [-0.39, 0.29) is 0 Å².